The van der Waals surface area contributed by atoms with E-state index >= 15 is 0 Å². The normalized spacial score (nSPS) is 37.0. The van der Waals surface area contributed by atoms with Crippen molar-refractivity contribution in [2.75, 3.05) is 0 Å². The van der Waals surface area contributed by atoms with Gasteiger partial charge >= 0.3 is 0 Å². The van der Waals surface area contributed by atoms with Crippen LogP contribution in [0.15, 0.2) is 30.3 Å². The molecular formula is C24H26N4O2. The van der Waals surface area contributed by atoms with Crippen LogP contribution in [0.2, 0.25) is 0 Å². The second-order valence-corrected chi connectivity index (χ2v) is 8.91. The molecule has 0 amide bonds. The van der Waals surface area contributed by atoms with Gasteiger partial charge in [-0.3, -0.25) is 5.41 Å². The Hall–Kier alpha value is -2.88. The lowest BCUT2D eigenvalue weighted by Gasteiger charge is -2.54. The number of ether oxygens (including phenoxy) is 2. The summed E-state index contributed by atoms with van der Waals surface area (Å²) in [5, 5.41) is 39.8. The van der Waals surface area contributed by atoms with Gasteiger partial charge in [-0.15, -0.1) is 0 Å². The van der Waals surface area contributed by atoms with E-state index in [2.05, 4.69) is 25.1 Å². The highest BCUT2D eigenvalue weighted by Gasteiger charge is 2.81. The van der Waals surface area contributed by atoms with Gasteiger partial charge in [-0.05, 0) is 24.3 Å². The number of nitrogens with zero attached hydrogens (tertiary/aromatic N) is 3. The molecule has 2 aliphatic heterocycles. The van der Waals surface area contributed by atoms with Crippen molar-refractivity contribution in [2.45, 2.75) is 63.8 Å². The van der Waals surface area contributed by atoms with Gasteiger partial charge < -0.3 is 9.47 Å². The number of rotatable bonds is 4. The summed E-state index contributed by atoms with van der Waals surface area (Å²) in [5.41, 5.74) is -2.53. The standard InChI is InChI=1S/C24H26N4O2/c1-3-7-17-10-11-24-19(12-17)23(15-27,21(28)30-24)22(13-25,14-26)20(29-24)16(2)18-8-5-4-6-9-18/h4-6,8-9,16-17,19-20,28H,3,7,10-12H2,1-2H3. The molecule has 3 aliphatic rings. The maximum Gasteiger partial charge on any atom is 0.217 e. The summed E-state index contributed by atoms with van der Waals surface area (Å²) in [6.07, 6.45) is 3.24. The number of nitriles is 3. The van der Waals surface area contributed by atoms with Crippen LogP contribution in [0.1, 0.15) is 57.4 Å². The third-order valence-electron chi connectivity index (χ3n) is 7.54. The zero-order valence-electron chi connectivity index (χ0n) is 17.4. The van der Waals surface area contributed by atoms with Crippen molar-refractivity contribution in [1.82, 2.24) is 0 Å². The van der Waals surface area contributed by atoms with Crippen LogP contribution in [-0.4, -0.2) is 17.8 Å². The first-order valence-electron chi connectivity index (χ1n) is 10.7. The van der Waals surface area contributed by atoms with Crippen LogP contribution >= 0.6 is 0 Å². The van der Waals surface area contributed by atoms with E-state index in [1.165, 1.54) is 0 Å². The lowest BCUT2D eigenvalue weighted by atomic mass is 9.50. The molecule has 2 bridgehead atoms. The number of benzene rings is 1. The van der Waals surface area contributed by atoms with Crippen LogP contribution in [0.4, 0.5) is 0 Å². The van der Waals surface area contributed by atoms with Crippen LogP contribution < -0.4 is 0 Å². The minimum Gasteiger partial charge on any atom is -0.447 e. The Balaban J connectivity index is 1.88. The molecule has 30 heavy (non-hydrogen) atoms. The molecule has 154 valence electrons. The third kappa shape index (κ3) is 2.39. The molecule has 6 unspecified atom stereocenters. The van der Waals surface area contributed by atoms with Gasteiger partial charge in [0.2, 0.25) is 11.7 Å². The Labute approximate surface area is 177 Å². The van der Waals surface area contributed by atoms with Crippen molar-refractivity contribution in [2.24, 2.45) is 22.7 Å². The average Bonchev–Trinajstić information content (AvgIpc) is 2.98. The van der Waals surface area contributed by atoms with Crippen molar-refractivity contribution < 1.29 is 9.47 Å². The molecule has 4 rings (SSSR count). The highest BCUT2D eigenvalue weighted by atomic mass is 16.7. The zero-order valence-corrected chi connectivity index (χ0v) is 17.4. The van der Waals surface area contributed by atoms with Gasteiger partial charge in [0.1, 0.15) is 6.10 Å². The Morgan fingerprint density at radius 1 is 1.17 bits per heavy atom. The van der Waals surface area contributed by atoms with Gasteiger partial charge in [-0.1, -0.05) is 57.0 Å². The molecular weight excluding hydrogens is 376 g/mol. The molecule has 0 spiro atoms. The first-order chi connectivity index (χ1) is 14.4. The lowest BCUT2D eigenvalue weighted by Crippen LogP contribution is -2.65. The van der Waals surface area contributed by atoms with E-state index in [4.69, 9.17) is 14.9 Å². The summed E-state index contributed by atoms with van der Waals surface area (Å²) in [6, 6.07) is 16.2. The van der Waals surface area contributed by atoms with E-state index in [-0.39, 0.29) is 11.8 Å². The quantitative estimate of drug-likeness (QED) is 0.787. The van der Waals surface area contributed by atoms with Crippen LogP contribution in [0.25, 0.3) is 0 Å². The monoisotopic (exact) mass is 402 g/mol. The van der Waals surface area contributed by atoms with Crippen molar-refractivity contribution in [3.05, 3.63) is 35.9 Å². The smallest absolute Gasteiger partial charge is 0.217 e. The van der Waals surface area contributed by atoms with Crippen LogP contribution in [0.5, 0.6) is 0 Å². The van der Waals surface area contributed by atoms with Gasteiger partial charge in [0.25, 0.3) is 0 Å². The minimum absolute atomic E-state index is 0.280. The number of hydrogen-bond acceptors (Lipinski definition) is 6. The fraction of sp³-hybridized carbons (Fsp3) is 0.583. The van der Waals surface area contributed by atoms with E-state index in [1.54, 1.807) is 0 Å². The van der Waals surface area contributed by atoms with E-state index in [0.29, 0.717) is 18.8 Å². The molecule has 3 fully saturated rings. The van der Waals surface area contributed by atoms with Crippen molar-refractivity contribution >= 4 is 5.90 Å². The molecule has 1 N–H and O–H groups in total. The summed E-state index contributed by atoms with van der Waals surface area (Å²) in [7, 11) is 0. The van der Waals surface area contributed by atoms with E-state index in [0.717, 1.165) is 24.8 Å². The largest absolute Gasteiger partial charge is 0.447 e. The molecule has 1 aromatic rings. The SMILES string of the molecule is CCCC1CCC23OC(=N)C(C#N)(C2C1)C(C#N)(C#N)C(C(C)c1ccccc1)O3. The molecule has 1 aliphatic carbocycles. The Kier molecular flexibility index (Phi) is 4.84. The molecule has 1 saturated carbocycles. The van der Waals surface area contributed by atoms with E-state index in [1.807, 2.05) is 37.3 Å². The number of nitrogens with one attached hydrogen (secondary N) is 1. The van der Waals surface area contributed by atoms with Crippen LogP contribution in [-0.2, 0) is 9.47 Å². The molecule has 2 saturated heterocycles. The predicted octanol–water partition coefficient (Wildman–Crippen LogP) is 4.65. The Bertz CT molecular complexity index is 958. The molecule has 6 atom stereocenters. The first-order valence-corrected chi connectivity index (χ1v) is 10.7. The summed E-state index contributed by atoms with van der Waals surface area (Å²) in [5.74, 6) is -1.83. The summed E-state index contributed by atoms with van der Waals surface area (Å²) in [4.78, 5) is 0. The Morgan fingerprint density at radius 2 is 1.87 bits per heavy atom. The lowest BCUT2D eigenvalue weighted by molar-refractivity contribution is -0.299. The van der Waals surface area contributed by atoms with Gasteiger partial charge in [-0.25, -0.2) is 0 Å². The van der Waals surface area contributed by atoms with Crippen molar-refractivity contribution in [1.29, 1.82) is 21.2 Å². The molecule has 0 aromatic heterocycles. The van der Waals surface area contributed by atoms with Crippen molar-refractivity contribution in [3.63, 3.8) is 0 Å². The summed E-state index contributed by atoms with van der Waals surface area (Å²) in [6.45, 7) is 4.04. The van der Waals surface area contributed by atoms with E-state index < -0.39 is 28.6 Å². The van der Waals surface area contributed by atoms with Gasteiger partial charge in [-0.2, -0.15) is 15.8 Å². The molecule has 6 heteroatoms. The third-order valence-corrected chi connectivity index (χ3v) is 7.54. The Morgan fingerprint density at radius 3 is 2.47 bits per heavy atom. The fourth-order valence-corrected chi connectivity index (χ4v) is 6.02. The molecule has 6 nitrogen and oxygen atoms in total. The van der Waals surface area contributed by atoms with E-state index in [9.17, 15) is 15.8 Å². The van der Waals surface area contributed by atoms with Crippen LogP contribution in [0.3, 0.4) is 0 Å². The second-order valence-electron chi connectivity index (χ2n) is 8.91. The highest BCUT2D eigenvalue weighted by Crippen LogP contribution is 2.68. The maximum atomic E-state index is 10.4. The fourth-order valence-electron chi connectivity index (χ4n) is 6.02. The topological polar surface area (TPSA) is 114 Å². The predicted molar refractivity (Wildman–Crippen MR) is 109 cm³/mol. The van der Waals surface area contributed by atoms with Gasteiger partial charge in [0.15, 0.2) is 10.8 Å². The average molecular weight is 402 g/mol. The zero-order chi connectivity index (χ0) is 21.6. The molecule has 2 heterocycles. The van der Waals surface area contributed by atoms with Gasteiger partial charge in [0.05, 0.1) is 24.1 Å². The van der Waals surface area contributed by atoms with Crippen molar-refractivity contribution in [3.8, 4) is 18.2 Å². The summed E-state index contributed by atoms with van der Waals surface area (Å²) >= 11 is 0. The number of hydrogen-bond donors (Lipinski definition) is 1. The molecule has 1 aromatic carbocycles. The summed E-state index contributed by atoms with van der Waals surface area (Å²) < 4.78 is 12.6. The van der Waals surface area contributed by atoms with Crippen LogP contribution in [0, 0.1) is 62.1 Å². The first kappa shape index (κ1) is 20.4. The highest BCUT2D eigenvalue weighted by molar-refractivity contribution is 5.89. The second kappa shape index (κ2) is 7.12. The minimum atomic E-state index is -1.83. The maximum absolute atomic E-state index is 10.4. The van der Waals surface area contributed by atoms with Gasteiger partial charge in [0, 0.05) is 12.3 Å². The molecule has 0 radical (unpaired) electrons.